The van der Waals surface area contributed by atoms with Gasteiger partial charge in [-0.25, -0.2) is 0 Å². The van der Waals surface area contributed by atoms with Crippen molar-refractivity contribution in [3.8, 4) is 11.5 Å². The van der Waals surface area contributed by atoms with E-state index in [1.165, 1.54) is 0 Å². The first-order chi connectivity index (χ1) is 7.34. The topological polar surface area (TPSA) is 77.8 Å². The number of aromatic nitrogens is 3. The maximum absolute atomic E-state index is 5.76. The summed E-state index contributed by atoms with van der Waals surface area (Å²) >= 11 is 0. The van der Waals surface area contributed by atoms with Gasteiger partial charge in [0.25, 0.3) is 5.89 Å². The molecule has 2 aromatic heterocycles. The van der Waals surface area contributed by atoms with Crippen LogP contribution in [0.1, 0.15) is 24.6 Å². The van der Waals surface area contributed by atoms with E-state index in [0.29, 0.717) is 17.5 Å². The van der Waals surface area contributed by atoms with Gasteiger partial charge in [0.2, 0.25) is 0 Å². The van der Waals surface area contributed by atoms with Crippen LogP contribution in [0, 0.1) is 0 Å². The molecule has 1 saturated carbocycles. The molecular formula is C10H10N4O. The smallest absolute Gasteiger partial charge is 0.260 e. The Morgan fingerprint density at radius 1 is 1.40 bits per heavy atom. The number of nitrogens with zero attached hydrogens (tertiary/aromatic N) is 3. The van der Waals surface area contributed by atoms with Crippen molar-refractivity contribution in [3.05, 3.63) is 24.3 Å². The molecular weight excluding hydrogens is 192 g/mol. The zero-order valence-electron chi connectivity index (χ0n) is 8.05. The molecule has 0 aliphatic heterocycles. The average Bonchev–Trinajstić information content (AvgIpc) is 2.99. The lowest BCUT2D eigenvalue weighted by Crippen LogP contribution is -1.91. The molecule has 5 nitrogen and oxygen atoms in total. The summed E-state index contributed by atoms with van der Waals surface area (Å²) in [7, 11) is 0. The summed E-state index contributed by atoms with van der Waals surface area (Å²) < 4.78 is 5.16. The second-order valence-electron chi connectivity index (χ2n) is 3.69. The fourth-order valence-electron chi connectivity index (χ4n) is 1.45. The number of nitrogens with two attached hydrogens (primary N) is 1. The fourth-order valence-corrected chi connectivity index (χ4v) is 1.45. The van der Waals surface area contributed by atoms with Gasteiger partial charge in [-0.2, -0.15) is 4.98 Å². The highest BCUT2D eigenvalue weighted by Crippen LogP contribution is 2.39. The number of anilines is 1. The highest BCUT2D eigenvalue weighted by molar-refractivity contribution is 5.68. The Morgan fingerprint density at radius 3 is 3.00 bits per heavy atom. The molecule has 76 valence electrons. The Balaban J connectivity index is 2.01. The molecule has 1 aliphatic carbocycles. The van der Waals surface area contributed by atoms with Gasteiger partial charge in [0.05, 0.1) is 17.4 Å². The lowest BCUT2D eigenvalue weighted by molar-refractivity contribution is 0.423. The second kappa shape index (κ2) is 3.05. The Labute approximate surface area is 86.3 Å². The SMILES string of the molecule is Nc1cnccc1-c1nc(C2CC2)no1. The van der Waals surface area contributed by atoms with Crippen molar-refractivity contribution in [2.24, 2.45) is 0 Å². The van der Waals surface area contributed by atoms with Gasteiger partial charge in [-0.05, 0) is 18.9 Å². The standard InChI is InChI=1S/C10H10N4O/c11-8-5-12-4-3-7(8)10-13-9(14-15-10)6-1-2-6/h3-6H,1-2,11H2. The van der Waals surface area contributed by atoms with E-state index in [4.69, 9.17) is 10.3 Å². The molecule has 0 spiro atoms. The monoisotopic (exact) mass is 202 g/mol. The predicted octanol–water partition coefficient (Wildman–Crippen LogP) is 1.59. The van der Waals surface area contributed by atoms with Gasteiger partial charge in [-0.1, -0.05) is 5.16 Å². The van der Waals surface area contributed by atoms with E-state index in [0.717, 1.165) is 24.2 Å². The van der Waals surface area contributed by atoms with Crippen molar-refractivity contribution in [1.29, 1.82) is 0 Å². The minimum Gasteiger partial charge on any atom is -0.397 e. The maximum atomic E-state index is 5.76. The lowest BCUT2D eigenvalue weighted by atomic mass is 10.2. The average molecular weight is 202 g/mol. The van der Waals surface area contributed by atoms with Gasteiger partial charge in [0, 0.05) is 12.1 Å². The highest BCUT2D eigenvalue weighted by Gasteiger charge is 2.29. The first-order valence-corrected chi connectivity index (χ1v) is 4.88. The second-order valence-corrected chi connectivity index (χ2v) is 3.69. The molecule has 1 fully saturated rings. The highest BCUT2D eigenvalue weighted by atomic mass is 16.5. The molecule has 1 aliphatic rings. The Kier molecular flexibility index (Phi) is 1.71. The van der Waals surface area contributed by atoms with E-state index in [1.54, 1.807) is 18.5 Å². The molecule has 15 heavy (non-hydrogen) atoms. The van der Waals surface area contributed by atoms with E-state index in [-0.39, 0.29) is 0 Å². The lowest BCUT2D eigenvalue weighted by Gasteiger charge is -1.96. The van der Waals surface area contributed by atoms with Gasteiger partial charge >= 0.3 is 0 Å². The van der Waals surface area contributed by atoms with Gasteiger partial charge < -0.3 is 10.3 Å². The van der Waals surface area contributed by atoms with E-state index in [2.05, 4.69) is 15.1 Å². The number of pyridine rings is 1. The molecule has 5 heteroatoms. The quantitative estimate of drug-likeness (QED) is 0.800. The third kappa shape index (κ3) is 1.45. The van der Waals surface area contributed by atoms with Crippen LogP contribution in [0.15, 0.2) is 23.0 Å². The van der Waals surface area contributed by atoms with Crippen molar-refractivity contribution < 1.29 is 4.52 Å². The zero-order chi connectivity index (χ0) is 10.3. The van der Waals surface area contributed by atoms with Crippen molar-refractivity contribution in [3.63, 3.8) is 0 Å². The summed E-state index contributed by atoms with van der Waals surface area (Å²) in [5, 5.41) is 3.93. The van der Waals surface area contributed by atoms with Crippen molar-refractivity contribution >= 4 is 5.69 Å². The van der Waals surface area contributed by atoms with Crippen LogP contribution in [-0.2, 0) is 0 Å². The van der Waals surface area contributed by atoms with E-state index in [1.807, 2.05) is 0 Å². The Hall–Kier alpha value is -1.91. The van der Waals surface area contributed by atoms with E-state index < -0.39 is 0 Å². The maximum Gasteiger partial charge on any atom is 0.260 e. The predicted molar refractivity (Wildman–Crippen MR) is 53.9 cm³/mol. The third-order valence-corrected chi connectivity index (χ3v) is 2.47. The number of nitrogen functional groups attached to an aromatic ring is 1. The molecule has 0 aromatic carbocycles. The number of rotatable bonds is 2. The van der Waals surface area contributed by atoms with Crippen LogP contribution in [0.4, 0.5) is 5.69 Å². The first-order valence-electron chi connectivity index (χ1n) is 4.88. The molecule has 3 rings (SSSR count). The van der Waals surface area contributed by atoms with Gasteiger partial charge in [-0.3, -0.25) is 4.98 Å². The summed E-state index contributed by atoms with van der Waals surface area (Å²) in [6, 6.07) is 1.78. The van der Waals surface area contributed by atoms with E-state index in [9.17, 15) is 0 Å². The van der Waals surface area contributed by atoms with Gasteiger partial charge in [-0.15, -0.1) is 0 Å². The van der Waals surface area contributed by atoms with Crippen LogP contribution >= 0.6 is 0 Å². The van der Waals surface area contributed by atoms with Crippen LogP contribution in [0.5, 0.6) is 0 Å². The summed E-state index contributed by atoms with van der Waals surface area (Å²) in [4.78, 5) is 8.23. The minimum atomic E-state index is 0.483. The van der Waals surface area contributed by atoms with Crippen molar-refractivity contribution in [2.75, 3.05) is 5.73 Å². The molecule has 0 amide bonds. The molecule has 2 N–H and O–H groups in total. The summed E-state index contributed by atoms with van der Waals surface area (Å²) in [6.07, 6.45) is 5.55. The molecule has 0 radical (unpaired) electrons. The number of hydrogen-bond donors (Lipinski definition) is 1. The van der Waals surface area contributed by atoms with Crippen LogP contribution in [0.25, 0.3) is 11.5 Å². The largest absolute Gasteiger partial charge is 0.397 e. The van der Waals surface area contributed by atoms with Crippen molar-refractivity contribution in [2.45, 2.75) is 18.8 Å². The summed E-state index contributed by atoms with van der Waals surface area (Å²) in [5.74, 6) is 1.77. The normalized spacial score (nSPS) is 15.5. The summed E-state index contributed by atoms with van der Waals surface area (Å²) in [5.41, 5.74) is 7.08. The fraction of sp³-hybridized carbons (Fsp3) is 0.300. The Morgan fingerprint density at radius 2 is 2.27 bits per heavy atom. The van der Waals surface area contributed by atoms with Crippen LogP contribution in [0.2, 0.25) is 0 Å². The van der Waals surface area contributed by atoms with Crippen LogP contribution < -0.4 is 5.73 Å². The Bertz CT molecular complexity index is 490. The molecule has 0 unspecified atom stereocenters. The van der Waals surface area contributed by atoms with Crippen LogP contribution in [0.3, 0.4) is 0 Å². The zero-order valence-corrected chi connectivity index (χ0v) is 8.05. The molecule has 0 bridgehead atoms. The van der Waals surface area contributed by atoms with E-state index >= 15 is 0 Å². The third-order valence-electron chi connectivity index (χ3n) is 2.47. The number of hydrogen-bond acceptors (Lipinski definition) is 5. The first kappa shape index (κ1) is 8.40. The van der Waals surface area contributed by atoms with Gasteiger partial charge in [0.15, 0.2) is 5.82 Å². The minimum absolute atomic E-state index is 0.483. The van der Waals surface area contributed by atoms with Gasteiger partial charge in [0.1, 0.15) is 0 Å². The summed E-state index contributed by atoms with van der Waals surface area (Å²) in [6.45, 7) is 0. The molecule has 2 aromatic rings. The molecule has 0 atom stereocenters. The molecule has 2 heterocycles. The van der Waals surface area contributed by atoms with Crippen molar-refractivity contribution in [1.82, 2.24) is 15.1 Å². The molecule has 0 saturated heterocycles. The van der Waals surface area contributed by atoms with Crippen LogP contribution in [-0.4, -0.2) is 15.1 Å².